The molecule has 1 heterocycles. The van der Waals surface area contributed by atoms with Gasteiger partial charge in [-0.1, -0.05) is 41.9 Å². The summed E-state index contributed by atoms with van der Waals surface area (Å²) in [4.78, 5) is 14.4. The van der Waals surface area contributed by atoms with E-state index in [-0.39, 0.29) is 16.5 Å². The van der Waals surface area contributed by atoms with Crippen LogP contribution in [-0.4, -0.2) is 18.3 Å². The number of nitro groups is 1. The van der Waals surface area contributed by atoms with Gasteiger partial charge < -0.3 is 0 Å². The van der Waals surface area contributed by atoms with E-state index in [4.69, 9.17) is 11.6 Å². The molecule has 0 radical (unpaired) electrons. The first-order valence-corrected chi connectivity index (χ1v) is 10.5. The summed E-state index contributed by atoms with van der Waals surface area (Å²) in [6.07, 6.45) is 0.668. The lowest BCUT2D eigenvalue weighted by atomic mass is 10.2. The number of benzene rings is 2. The van der Waals surface area contributed by atoms with Crippen molar-refractivity contribution in [1.82, 2.24) is 9.71 Å². The van der Waals surface area contributed by atoms with Crippen LogP contribution in [0.3, 0.4) is 0 Å². The van der Waals surface area contributed by atoms with Gasteiger partial charge >= 0.3 is 0 Å². The van der Waals surface area contributed by atoms with Crippen molar-refractivity contribution in [3.63, 3.8) is 0 Å². The number of nitrogens with one attached hydrogen (secondary N) is 1. The summed E-state index contributed by atoms with van der Waals surface area (Å²) < 4.78 is 27.2. The lowest BCUT2D eigenvalue weighted by molar-refractivity contribution is -0.384. The molecule has 7 nitrogen and oxygen atoms in total. The Hall–Kier alpha value is -2.33. The summed E-state index contributed by atoms with van der Waals surface area (Å²) in [6, 6.07) is 13.2. The van der Waals surface area contributed by atoms with Crippen LogP contribution in [0, 0.1) is 10.1 Å². The van der Waals surface area contributed by atoms with Crippen LogP contribution in [0.25, 0.3) is 0 Å². The average Bonchev–Trinajstić information content (AvgIpc) is 3.08. The predicted octanol–water partition coefficient (Wildman–Crippen LogP) is 3.77. The summed E-state index contributed by atoms with van der Waals surface area (Å²) in [5, 5.41) is 13.5. The second-order valence-electron chi connectivity index (χ2n) is 5.59. The van der Waals surface area contributed by atoms with E-state index in [1.807, 2.05) is 30.3 Å². The van der Waals surface area contributed by atoms with E-state index in [1.165, 1.54) is 23.5 Å². The van der Waals surface area contributed by atoms with Gasteiger partial charge in [0.15, 0.2) is 0 Å². The van der Waals surface area contributed by atoms with E-state index in [0.717, 1.165) is 16.6 Å². The number of sulfonamides is 1. The third kappa shape index (κ3) is 4.89. The second-order valence-corrected chi connectivity index (χ2v) is 8.71. The highest BCUT2D eigenvalue weighted by atomic mass is 35.5. The van der Waals surface area contributed by atoms with Crippen molar-refractivity contribution < 1.29 is 13.3 Å². The molecular formula is C17H14ClN3O4S2. The Labute approximate surface area is 164 Å². The first kappa shape index (κ1) is 19.4. The van der Waals surface area contributed by atoms with Crippen molar-refractivity contribution >= 4 is 38.6 Å². The molecule has 0 atom stereocenters. The van der Waals surface area contributed by atoms with Crippen LogP contribution in [0.5, 0.6) is 0 Å². The summed E-state index contributed by atoms with van der Waals surface area (Å²) in [7, 11) is -3.93. The molecule has 0 aliphatic heterocycles. The molecule has 3 aromatic rings. The van der Waals surface area contributed by atoms with Crippen LogP contribution >= 0.6 is 22.9 Å². The van der Waals surface area contributed by atoms with Gasteiger partial charge in [0.1, 0.15) is 5.02 Å². The van der Waals surface area contributed by atoms with E-state index in [1.54, 1.807) is 5.38 Å². The molecule has 0 amide bonds. The Morgan fingerprint density at radius 1 is 1.19 bits per heavy atom. The quantitative estimate of drug-likeness (QED) is 0.460. The summed E-state index contributed by atoms with van der Waals surface area (Å²) in [5.41, 5.74) is 1.24. The van der Waals surface area contributed by atoms with Crippen LogP contribution < -0.4 is 4.72 Å². The molecule has 0 aliphatic rings. The Bertz CT molecular complexity index is 1070. The fourth-order valence-corrected chi connectivity index (χ4v) is 4.37. The number of rotatable bonds is 7. The SMILES string of the molecule is O=[N+]([O-])c1cc(S(=O)(=O)NCc2csc(Cc3ccccc3)n2)ccc1Cl. The maximum Gasteiger partial charge on any atom is 0.289 e. The fourth-order valence-electron chi connectivity index (χ4n) is 2.33. The van der Waals surface area contributed by atoms with E-state index >= 15 is 0 Å². The van der Waals surface area contributed by atoms with Crippen molar-refractivity contribution in [2.75, 3.05) is 0 Å². The van der Waals surface area contributed by atoms with Crippen molar-refractivity contribution in [3.05, 3.63) is 85.3 Å². The van der Waals surface area contributed by atoms with Gasteiger partial charge in [0.25, 0.3) is 5.69 Å². The van der Waals surface area contributed by atoms with Crippen molar-refractivity contribution in [2.45, 2.75) is 17.9 Å². The molecule has 0 saturated heterocycles. The van der Waals surface area contributed by atoms with Crippen LogP contribution in [0.4, 0.5) is 5.69 Å². The Balaban J connectivity index is 1.69. The van der Waals surface area contributed by atoms with Gasteiger partial charge in [-0.25, -0.2) is 18.1 Å². The minimum atomic E-state index is -3.93. The maximum absolute atomic E-state index is 12.4. The average molecular weight is 424 g/mol. The molecule has 0 fully saturated rings. The zero-order chi connectivity index (χ0) is 19.4. The highest BCUT2D eigenvalue weighted by Crippen LogP contribution is 2.27. The summed E-state index contributed by atoms with van der Waals surface area (Å²) >= 11 is 7.16. The monoisotopic (exact) mass is 423 g/mol. The largest absolute Gasteiger partial charge is 0.289 e. The maximum atomic E-state index is 12.4. The molecule has 2 aromatic carbocycles. The number of hydrogen-bond acceptors (Lipinski definition) is 6. The number of aromatic nitrogens is 1. The third-order valence-corrected chi connectivity index (χ3v) is 6.28. The smallest absolute Gasteiger partial charge is 0.258 e. The fraction of sp³-hybridized carbons (Fsp3) is 0.118. The highest BCUT2D eigenvalue weighted by Gasteiger charge is 2.20. The molecular weight excluding hydrogens is 410 g/mol. The highest BCUT2D eigenvalue weighted by molar-refractivity contribution is 7.89. The van der Waals surface area contributed by atoms with E-state index < -0.39 is 20.6 Å². The molecule has 27 heavy (non-hydrogen) atoms. The lowest BCUT2D eigenvalue weighted by Gasteiger charge is -2.06. The van der Waals surface area contributed by atoms with Gasteiger partial charge in [-0.3, -0.25) is 10.1 Å². The van der Waals surface area contributed by atoms with Crippen LogP contribution in [0.1, 0.15) is 16.3 Å². The first-order valence-electron chi connectivity index (χ1n) is 7.76. The standard InChI is InChI=1S/C17H14ClN3O4S2/c18-15-7-6-14(9-16(15)21(22)23)27(24,25)19-10-13-11-26-17(20-13)8-12-4-2-1-3-5-12/h1-7,9,11,19H,8,10H2. The van der Waals surface area contributed by atoms with Gasteiger partial charge in [0, 0.05) is 17.9 Å². The number of nitro benzene ring substituents is 1. The summed E-state index contributed by atoms with van der Waals surface area (Å²) in [5.74, 6) is 0. The van der Waals surface area contributed by atoms with Crippen LogP contribution in [0.15, 0.2) is 58.8 Å². The molecule has 0 aliphatic carbocycles. The Morgan fingerprint density at radius 3 is 2.63 bits per heavy atom. The van der Waals surface area contributed by atoms with Gasteiger partial charge in [0.2, 0.25) is 10.0 Å². The number of halogens is 1. The molecule has 140 valence electrons. The van der Waals surface area contributed by atoms with Crippen molar-refractivity contribution in [1.29, 1.82) is 0 Å². The first-order chi connectivity index (χ1) is 12.8. The van der Waals surface area contributed by atoms with Gasteiger partial charge in [-0.15, -0.1) is 11.3 Å². The molecule has 1 N–H and O–H groups in total. The molecule has 0 spiro atoms. The molecule has 0 saturated carbocycles. The molecule has 3 rings (SSSR count). The Kier molecular flexibility index (Phi) is 5.85. The van der Waals surface area contributed by atoms with E-state index in [0.29, 0.717) is 12.1 Å². The minimum Gasteiger partial charge on any atom is -0.258 e. The van der Waals surface area contributed by atoms with Gasteiger partial charge in [0.05, 0.1) is 27.1 Å². The number of thiazole rings is 1. The zero-order valence-corrected chi connectivity index (χ0v) is 16.2. The zero-order valence-electron chi connectivity index (χ0n) is 13.8. The normalized spacial score (nSPS) is 11.4. The van der Waals surface area contributed by atoms with Gasteiger partial charge in [-0.05, 0) is 17.7 Å². The molecule has 10 heteroatoms. The molecule has 0 bridgehead atoms. The molecule has 1 aromatic heterocycles. The lowest BCUT2D eigenvalue weighted by Crippen LogP contribution is -2.23. The van der Waals surface area contributed by atoms with Crippen molar-refractivity contribution in [2.24, 2.45) is 0 Å². The second kappa shape index (κ2) is 8.13. The third-order valence-electron chi connectivity index (χ3n) is 3.67. The molecule has 0 unspecified atom stereocenters. The van der Waals surface area contributed by atoms with Gasteiger partial charge in [-0.2, -0.15) is 0 Å². The van der Waals surface area contributed by atoms with E-state index in [2.05, 4.69) is 9.71 Å². The van der Waals surface area contributed by atoms with E-state index in [9.17, 15) is 18.5 Å². The topological polar surface area (TPSA) is 102 Å². The summed E-state index contributed by atoms with van der Waals surface area (Å²) in [6.45, 7) is -0.00987. The van der Waals surface area contributed by atoms with Crippen LogP contribution in [0.2, 0.25) is 5.02 Å². The van der Waals surface area contributed by atoms with Crippen LogP contribution in [-0.2, 0) is 23.0 Å². The number of nitrogens with zero attached hydrogens (tertiary/aromatic N) is 2. The Morgan fingerprint density at radius 2 is 1.93 bits per heavy atom. The minimum absolute atomic E-state index is 0.00987. The predicted molar refractivity (Wildman–Crippen MR) is 103 cm³/mol. The van der Waals surface area contributed by atoms with Crippen molar-refractivity contribution in [3.8, 4) is 0 Å². The number of hydrogen-bond donors (Lipinski definition) is 1.